The topological polar surface area (TPSA) is 72.2 Å². The molecule has 0 radical (unpaired) electrons. The van der Waals surface area contributed by atoms with Crippen molar-refractivity contribution in [2.24, 2.45) is 5.73 Å². The van der Waals surface area contributed by atoms with E-state index in [1.54, 1.807) is 12.1 Å². The maximum absolute atomic E-state index is 12.6. The van der Waals surface area contributed by atoms with Crippen molar-refractivity contribution in [3.63, 3.8) is 0 Å². The summed E-state index contributed by atoms with van der Waals surface area (Å²) in [5.74, 6) is -0.507. The molecule has 0 saturated carbocycles. The maximum Gasteiger partial charge on any atom is 0.236 e. The fourth-order valence-corrected chi connectivity index (χ4v) is 1.92. The van der Waals surface area contributed by atoms with Crippen LogP contribution in [0, 0.1) is 5.82 Å². The summed E-state index contributed by atoms with van der Waals surface area (Å²) in [6.45, 7) is -0.139. The summed E-state index contributed by atoms with van der Waals surface area (Å²) in [4.78, 5) is 22.5. The SMILES string of the molecule is NC(=O)CNC(=O)CCSc1ccc(F)cc1. The molecule has 0 unspecified atom stereocenters. The lowest BCUT2D eigenvalue weighted by Crippen LogP contribution is -2.33. The minimum atomic E-state index is -0.565. The predicted molar refractivity (Wildman–Crippen MR) is 63.9 cm³/mol. The van der Waals surface area contributed by atoms with Gasteiger partial charge in [-0.1, -0.05) is 0 Å². The number of rotatable bonds is 6. The van der Waals surface area contributed by atoms with Gasteiger partial charge in [0.2, 0.25) is 11.8 Å². The van der Waals surface area contributed by atoms with Crippen LogP contribution < -0.4 is 11.1 Å². The number of amides is 2. The van der Waals surface area contributed by atoms with Crippen LogP contribution in [0.1, 0.15) is 6.42 Å². The van der Waals surface area contributed by atoms with Crippen molar-refractivity contribution in [3.8, 4) is 0 Å². The standard InChI is InChI=1S/C11H13FN2O2S/c12-8-1-3-9(4-2-8)17-6-5-11(16)14-7-10(13)15/h1-4H,5-7H2,(H2,13,15)(H,14,16). The van der Waals surface area contributed by atoms with Gasteiger partial charge in [-0.3, -0.25) is 9.59 Å². The first kappa shape index (κ1) is 13.5. The largest absolute Gasteiger partial charge is 0.368 e. The van der Waals surface area contributed by atoms with Gasteiger partial charge in [0, 0.05) is 17.1 Å². The second-order valence-corrected chi connectivity index (χ2v) is 4.46. The number of nitrogens with two attached hydrogens (primary N) is 1. The molecule has 0 bridgehead atoms. The van der Waals surface area contributed by atoms with Crippen LogP contribution in [-0.4, -0.2) is 24.1 Å². The Morgan fingerprint density at radius 2 is 1.94 bits per heavy atom. The van der Waals surface area contributed by atoms with Gasteiger partial charge in [0.1, 0.15) is 5.82 Å². The highest BCUT2D eigenvalue weighted by molar-refractivity contribution is 7.99. The van der Waals surface area contributed by atoms with E-state index in [9.17, 15) is 14.0 Å². The molecule has 3 N–H and O–H groups in total. The zero-order chi connectivity index (χ0) is 12.7. The van der Waals surface area contributed by atoms with Crippen LogP contribution in [0.2, 0.25) is 0 Å². The van der Waals surface area contributed by atoms with Gasteiger partial charge in [-0.15, -0.1) is 11.8 Å². The van der Waals surface area contributed by atoms with E-state index >= 15 is 0 Å². The highest BCUT2D eigenvalue weighted by atomic mass is 32.2. The molecule has 0 saturated heterocycles. The Bertz CT molecular complexity index is 395. The Balaban J connectivity index is 2.21. The van der Waals surface area contributed by atoms with Crippen LogP contribution >= 0.6 is 11.8 Å². The molecule has 92 valence electrons. The second-order valence-electron chi connectivity index (χ2n) is 3.30. The Morgan fingerprint density at radius 3 is 2.53 bits per heavy atom. The first-order valence-electron chi connectivity index (χ1n) is 5.01. The number of primary amides is 1. The maximum atomic E-state index is 12.6. The van der Waals surface area contributed by atoms with Crippen LogP contribution in [0.5, 0.6) is 0 Å². The van der Waals surface area contributed by atoms with Crippen molar-refractivity contribution < 1.29 is 14.0 Å². The van der Waals surface area contributed by atoms with Crippen molar-refractivity contribution in [1.29, 1.82) is 0 Å². The van der Waals surface area contributed by atoms with Crippen LogP contribution in [0.15, 0.2) is 29.2 Å². The van der Waals surface area contributed by atoms with E-state index in [0.717, 1.165) is 4.90 Å². The summed E-state index contributed by atoms with van der Waals surface area (Å²) >= 11 is 1.45. The number of hydrogen-bond acceptors (Lipinski definition) is 3. The van der Waals surface area contributed by atoms with Crippen molar-refractivity contribution in [2.45, 2.75) is 11.3 Å². The van der Waals surface area contributed by atoms with Gasteiger partial charge in [0.25, 0.3) is 0 Å². The van der Waals surface area contributed by atoms with Crippen LogP contribution in [0.25, 0.3) is 0 Å². The molecule has 1 aromatic carbocycles. The highest BCUT2D eigenvalue weighted by Gasteiger charge is 2.03. The number of benzene rings is 1. The molecule has 0 fully saturated rings. The first-order valence-corrected chi connectivity index (χ1v) is 6.00. The van der Waals surface area contributed by atoms with Gasteiger partial charge in [-0.2, -0.15) is 0 Å². The van der Waals surface area contributed by atoms with Gasteiger partial charge >= 0.3 is 0 Å². The average Bonchev–Trinajstić information content (AvgIpc) is 2.29. The third-order valence-corrected chi connectivity index (χ3v) is 2.89. The van der Waals surface area contributed by atoms with E-state index in [0.29, 0.717) is 5.75 Å². The van der Waals surface area contributed by atoms with Crippen LogP contribution in [0.4, 0.5) is 4.39 Å². The van der Waals surface area contributed by atoms with E-state index in [4.69, 9.17) is 5.73 Å². The number of carbonyl (C=O) groups excluding carboxylic acids is 2. The van der Waals surface area contributed by atoms with Crippen LogP contribution in [0.3, 0.4) is 0 Å². The van der Waals surface area contributed by atoms with Gasteiger partial charge in [-0.25, -0.2) is 4.39 Å². The van der Waals surface area contributed by atoms with E-state index in [-0.39, 0.29) is 24.7 Å². The summed E-state index contributed by atoms with van der Waals surface area (Å²) in [5.41, 5.74) is 4.88. The molecular formula is C11H13FN2O2S. The minimum Gasteiger partial charge on any atom is -0.368 e. The lowest BCUT2D eigenvalue weighted by Gasteiger charge is -2.03. The number of thioether (sulfide) groups is 1. The second kappa shape index (κ2) is 6.90. The molecule has 0 aromatic heterocycles. The number of nitrogens with one attached hydrogen (secondary N) is 1. The number of hydrogen-bond donors (Lipinski definition) is 2. The molecule has 2 amide bonds. The monoisotopic (exact) mass is 256 g/mol. The lowest BCUT2D eigenvalue weighted by atomic mass is 10.4. The fourth-order valence-electron chi connectivity index (χ4n) is 1.07. The quantitative estimate of drug-likeness (QED) is 0.743. The fraction of sp³-hybridized carbons (Fsp3) is 0.273. The molecule has 4 nitrogen and oxygen atoms in total. The zero-order valence-electron chi connectivity index (χ0n) is 9.11. The minimum absolute atomic E-state index is 0.139. The van der Waals surface area contributed by atoms with Gasteiger partial charge in [0.15, 0.2) is 0 Å². The predicted octanol–water partition coefficient (Wildman–Crippen LogP) is 0.909. The van der Waals surface area contributed by atoms with Crippen molar-refractivity contribution >= 4 is 23.6 Å². The molecule has 6 heteroatoms. The van der Waals surface area contributed by atoms with Gasteiger partial charge in [0.05, 0.1) is 6.54 Å². The average molecular weight is 256 g/mol. The molecule has 1 rings (SSSR count). The summed E-state index contributed by atoms with van der Waals surface area (Å²) in [6.07, 6.45) is 0.287. The molecule has 0 atom stereocenters. The molecule has 0 heterocycles. The molecule has 0 aliphatic heterocycles. The van der Waals surface area contributed by atoms with Gasteiger partial charge < -0.3 is 11.1 Å². The van der Waals surface area contributed by atoms with E-state index in [1.165, 1.54) is 23.9 Å². The van der Waals surface area contributed by atoms with Crippen LogP contribution in [-0.2, 0) is 9.59 Å². The normalized spacial score (nSPS) is 9.94. The van der Waals surface area contributed by atoms with Gasteiger partial charge in [-0.05, 0) is 24.3 Å². The number of carbonyl (C=O) groups is 2. The summed E-state index contributed by atoms with van der Waals surface area (Å²) in [7, 11) is 0. The summed E-state index contributed by atoms with van der Waals surface area (Å²) in [5, 5.41) is 2.39. The van der Waals surface area contributed by atoms with E-state index in [1.807, 2.05) is 0 Å². The highest BCUT2D eigenvalue weighted by Crippen LogP contribution is 2.18. The smallest absolute Gasteiger partial charge is 0.236 e. The summed E-state index contributed by atoms with van der Waals surface area (Å²) < 4.78 is 12.6. The molecule has 0 aliphatic carbocycles. The molecule has 17 heavy (non-hydrogen) atoms. The molecule has 0 aliphatic rings. The Hall–Kier alpha value is -1.56. The lowest BCUT2D eigenvalue weighted by molar-refractivity contribution is -0.124. The number of halogens is 1. The molecule has 1 aromatic rings. The summed E-state index contributed by atoms with van der Waals surface area (Å²) in [6, 6.07) is 6.05. The van der Waals surface area contributed by atoms with E-state index in [2.05, 4.69) is 5.32 Å². The van der Waals surface area contributed by atoms with Crippen molar-refractivity contribution in [1.82, 2.24) is 5.32 Å². The Kier molecular flexibility index (Phi) is 5.48. The Morgan fingerprint density at radius 1 is 1.29 bits per heavy atom. The van der Waals surface area contributed by atoms with Crippen molar-refractivity contribution in [2.75, 3.05) is 12.3 Å². The molecule has 0 spiro atoms. The van der Waals surface area contributed by atoms with Crippen molar-refractivity contribution in [3.05, 3.63) is 30.1 Å². The van der Waals surface area contributed by atoms with E-state index < -0.39 is 5.91 Å². The third-order valence-electron chi connectivity index (χ3n) is 1.87. The Labute approximate surface area is 103 Å². The zero-order valence-corrected chi connectivity index (χ0v) is 9.93. The third kappa shape index (κ3) is 5.91. The molecular weight excluding hydrogens is 243 g/mol. The first-order chi connectivity index (χ1) is 8.08.